The van der Waals surface area contributed by atoms with E-state index in [-0.39, 0.29) is 22.6 Å². The maximum atomic E-state index is 14.2. The number of anilines is 3. The molecule has 0 atom stereocenters. The molecule has 1 aliphatic rings. The molecule has 2 heterocycles. The molecule has 0 radical (unpaired) electrons. The maximum absolute atomic E-state index is 14.2. The van der Waals surface area contributed by atoms with E-state index in [4.69, 9.17) is 0 Å². The Labute approximate surface area is 159 Å². The van der Waals surface area contributed by atoms with Crippen LogP contribution in [0.2, 0.25) is 0 Å². The topological polar surface area (TPSA) is 83.4 Å². The van der Waals surface area contributed by atoms with Gasteiger partial charge in [-0.3, -0.25) is 9.52 Å². The van der Waals surface area contributed by atoms with Crippen molar-refractivity contribution in [2.75, 3.05) is 24.1 Å². The van der Waals surface area contributed by atoms with Gasteiger partial charge in [-0.1, -0.05) is 15.9 Å². The van der Waals surface area contributed by atoms with E-state index >= 15 is 0 Å². The molecule has 0 fully saturated rings. The number of hydrogen-bond donors (Lipinski definition) is 2. The van der Waals surface area contributed by atoms with E-state index in [1.165, 1.54) is 36.9 Å². The minimum Gasteiger partial charge on any atom is -0.351 e. The number of hydrogen-bond acceptors (Lipinski definition) is 4. The average Bonchev–Trinajstić information content (AvgIpc) is 3.03. The Balaban J connectivity index is 2.12. The van der Waals surface area contributed by atoms with Crippen molar-refractivity contribution in [1.29, 1.82) is 0 Å². The number of fused-ring (bicyclic) bond motifs is 1. The highest BCUT2D eigenvalue weighted by atomic mass is 79.9. The highest BCUT2D eigenvalue weighted by Gasteiger charge is 2.24. The van der Waals surface area contributed by atoms with Crippen molar-refractivity contribution >= 4 is 43.2 Å². The molecule has 140 valence electrons. The first-order chi connectivity index (χ1) is 12.2. The Morgan fingerprint density at radius 1 is 1.23 bits per heavy atom. The maximum Gasteiger partial charge on any atom is 0.301 e. The van der Waals surface area contributed by atoms with Crippen LogP contribution in [0, 0.1) is 5.82 Å². The van der Waals surface area contributed by atoms with Crippen molar-refractivity contribution in [3.05, 3.63) is 50.6 Å². The lowest BCUT2D eigenvalue weighted by Crippen LogP contribution is -2.31. The van der Waals surface area contributed by atoms with E-state index in [2.05, 4.69) is 26.0 Å². The van der Waals surface area contributed by atoms with Crippen molar-refractivity contribution in [1.82, 2.24) is 8.87 Å². The Morgan fingerprint density at radius 2 is 1.96 bits per heavy atom. The van der Waals surface area contributed by atoms with Gasteiger partial charge in [-0.2, -0.15) is 12.7 Å². The molecule has 10 heteroatoms. The van der Waals surface area contributed by atoms with Crippen LogP contribution in [0.3, 0.4) is 0 Å². The van der Waals surface area contributed by atoms with Gasteiger partial charge in [0.15, 0.2) is 0 Å². The van der Waals surface area contributed by atoms with E-state index < -0.39 is 16.0 Å². The smallest absolute Gasteiger partial charge is 0.301 e. The van der Waals surface area contributed by atoms with E-state index in [1.54, 1.807) is 6.07 Å². The van der Waals surface area contributed by atoms with E-state index in [0.717, 1.165) is 10.7 Å². The molecule has 2 aromatic rings. The molecular formula is C16H18BrFN4O3S. The number of nitrogens with zero attached hydrogens (tertiary/aromatic N) is 2. The van der Waals surface area contributed by atoms with Gasteiger partial charge >= 0.3 is 10.2 Å². The fourth-order valence-electron chi connectivity index (χ4n) is 2.78. The van der Waals surface area contributed by atoms with Gasteiger partial charge in [0, 0.05) is 36.9 Å². The highest BCUT2D eigenvalue weighted by Crippen LogP contribution is 2.33. The first-order valence-corrected chi connectivity index (χ1v) is 10.1. The fourth-order valence-corrected chi connectivity index (χ4v) is 3.78. The van der Waals surface area contributed by atoms with Gasteiger partial charge < -0.3 is 9.88 Å². The number of aromatic nitrogens is 1. The van der Waals surface area contributed by atoms with Gasteiger partial charge in [0.05, 0.1) is 17.1 Å². The molecule has 0 spiro atoms. The molecule has 0 saturated heterocycles. The molecule has 1 aliphatic heterocycles. The van der Waals surface area contributed by atoms with Crippen molar-refractivity contribution in [3.8, 4) is 0 Å². The number of benzene rings is 1. The van der Waals surface area contributed by atoms with Crippen LogP contribution in [0.5, 0.6) is 0 Å². The van der Waals surface area contributed by atoms with Crippen LogP contribution < -0.4 is 15.6 Å². The molecule has 26 heavy (non-hydrogen) atoms. The minimum absolute atomic E-state index is 0.140. The Hall–Kier alpha value is -1.91. The summed E-state index contributed by atoms with van der Waals surface area (Å²) in [6, 6.07) is 5.72. The van der Waals surface area contributed by atoms with Gasteiger partial charge in [0.25, 0.3) is 5.56 Å². The first-order valence-electron chi connectivity index (χ1n) is 7.88. The van der Waals surface area contributed by atoms with Crippen LogP contribution in [-0.4, -0.2) is 31.4 Å². The molecule has 1 aromatic heterocycles. The molecule has 0 amide bonds. The molecule has 0 aliphatic carbocycles. The Kier molecular flexibility index (Phi) is 5.09. The SMILES string of the molecule is CN(C)S(=O)(=O)Nc1c(Nc2ccc(Br)cc2F)cc(=O)n2c1CCC2. The fraction of sp³-hybridized carbons (Fsp3) is 0.312. The number of nitrogens with one attached hydrogen (secondary N) is 2. The molecule has 3 rings (SSSR count). The van der Waals surface area contributed by atoms with E-state index in [9.17, 15) is 17.6 Å². The second-order valence-corrected chi connectivity index (χ2v) is 8.91. The highest BCUT2D eigenvalue weighted by molar-refractivity contribution is 9.10. The molecule has 0 saturated carbocycles. The summed E-state index contributed by atoms with van der Waals surface area (Å²) < 4.78 is 44.5. The number of halogens is 2. The van der Waals surface area contributed by atoms with Crippen molar-refractivity contribution in [2.24, 2.45) is 0 Å². The summed E-state index contributed by atoms with van der Waals surface area (Å²) in [5.41, 5.74) is 0.946. The summed E-state index contributed by atoms with van der Waals surface area (Å²) in [7, 11) is -0.987. The third kappa shape index (κ3) is 3.62. The second kappa shape index (κ2) is 7.01. The largest absolute Gasteiger partial charge is 0.351 e. The second-order valence-electron chi connectivity index (χ2n) is 6.11. The minimum atomic E-state index is -3.79. The Bertz CT molecular complexity index is 1020. The van der Waals surface area contributed by atoms with Crippen LogP contribution >= 0.6 is 15.9 Å². The van der Waals surface area contributed by atoms with Crippen LogP contribution in [-0.2, 0) is 23.2 Å². The average molecular weight is 445 g/mol. The van der Waals surface area contributed by atoms with Crippen LogP contribution in [0.1, 0.15) is 12.1 Å². The van der Waals surface area contributed by atoms with Crippen LogP contribution in [0.4, 0.5) is 21.5 Å². The van der Waals surface area contributed by atoms with E-state index in [1.807, 2.05) is 0 Å². The van der Waals surface area contributed by atoms with Gasteiger partial charge in [0.1, 0.15) is 5.82 Å². The molecule has 0 unspecified atom stereocenters. The van der Waals surface area contributed by atoms with Gasteiger partial charge in [0.2, 0.25) is 0 Å². The summed E-state index contributed by atoms with van der Waals surface area (Å²) in [6.07, 6.45) is 1.29. The lowest BCUT2D eigenvalue weighted by molar-refractivity contribution is 0.526. The van der Waals surface area contributed by atoms with Crippen LogP contribution in [0.15, 0.2) is 33.5 Å². The van der Waals surface area contributed by atoms with E-state index in [0.29, 0.717) is 23.1 Å². The summed E-state index contributed by atoms with van der Waals surface area (Å²) in [4.78, 5) is 12.3. The summed E-state index contributed by atoms with van der Waals surface area (Å²) in [6.45, 7) is 0.526. The van der Waals surface area contributed by atoms with Crippen molar-refractivity contribution in [2.45, 2.75) is 19.4 Å². The molecular weight excluding hydrogens is 427 g/mol. The predicted octanol–water partition coefficient (Wildman–Crippen LogP) is 2.66. The molecule has 1 aromatic carbocycles. The molecule has 0 bridgehead atoms. The third-order valence-electron chi connectivity index (χ3n) is 4.13. The van der Waals surface area contributed by atoms with Gasteiger partial charge in [-0.15, -0.1) is 0 Å². The standard InChI is InChI=1S/C16H18BrFN4O3S/c1-21(2)26(24,25)20-16-13(9-15(23)22-7-3-4-14(16)22)19-12-6-5-10(17)8-11(12)18/h5-6,8-9,19-20H,3-4,7H2,1-2H3. The first kappa shape index (κ1) is 18.9. The lowest BCUT2D eigenvalue weighted by Gasteiger charge is -2.20. The summed E-state index contributed by atoms with van der Waals surface area (Å²) in [5.74, 6) is -0.526. The van der Waals surface area contributed by atoms with Gasteiger partial charge in [-0.25, -0.2) is 4.39 Å². The van der Waals surface area contributed by atoms with Gasteiger partial charge in [-0.05, 0) is 31.0 Å². The summed E-state index contributed by atoms with van der Waals surface area (Å²) >= 11 is 3.19. The molecule has 2 N–H and O–H groups in total. The lowest BCUT2D eigenvalue weighted by atomic mass is 10.2. The quantitative estimate of drug-likeness (QED) is 0.742. The van der Waals surface area contributed by atoms with Crippen molar-refractivity contribution in [3.63, 3.8) is 0 Å². The zero-order valence-corrected chi connectivity index (χ0v) is 16.6. The van der Waals surface area contributed by atoms with Crippen molar-refractivity contribution < 1.29 is 12.8 Å². The normalized spacial score (nSPS) is 13.7. The Morgan fingerprint density at radius 3 is 2.62 bits per heavy atom. The molecule has 7 nitrogen and oxygen atoms in total. The van der Waals surface area contributed by atoms with Crippen LogP contribution in [0.25, 0.3) is 0 Å². The predicted molar refractivity (Wildman–Crippen MR) is 103 cm³/mol. The summed E-state index contributed by atoms with van der Waals surface area (Å²) in [5, 5.41) is 2.85. The number of pyridine rings is 1. The monoisotopic (exact) mass is 444 g/mol. The number of rotatable bonds is 5. The third-order valence-corrected chi connectivity index (χ3v) is 6.04. The zero-order valence-electron chi connectivity index (χ0n) is 14.2. The zero-order chi connectivity index (χ0) is 19.1.